The van der Waals surface area contributed by atoms with Gasteiger partial charge in [-0.3, -0.25) is 87.6 Å². The third-order valence-corrected chi connectivity index (χ3v) is 25.0. The van der Waals surface area contributed by atoms with Crippen LogP contribution in [0.5, 0.6) is 0 Å². The van der Waals surface area contributed by atoms with Gasteiger partial charge >= 0.3 is 0 Å². The first kappa shape index (κ1) is 75.7. The average molecular weight is 1530 g/mol. The predicted octanol–water partition coefficient (Wildman–Crippen LogP) is -0.893. The van der Waals surface area contributed by atoms with Crippen LogP contribution in [0.4, 0.5) is 11.4 Å². The normalized spacial score (nSPS) is 35.1. The van der Waals surface area contributed by atoms with Gasteiger partial charge in [-0.2, -0.15) is 0 Å². The number of nitrogens with one attached hydrogen (secondary N) is 10. The fraction of sp³-hybridized carbons (Fsp3) is 0.662. The zero-order chi connectivity index (χ0) is 76.5. The summed E-state index contributed by atoms with van der Waals surface area (Å²) in [6, 6.07) is -8.00. The summed E-state index contributed by atoms with van der Waals surface area (Å²) in [6.45, 7) is 13.3. The van der Waals surface area contributed by atoms with Crippen LogP contribution in [-0.2, 0) is 68.7 Å². The van der Waals surface area contributed by atoms with Crippen molar-refractivity contribution < 1.29 is 67.7 Å². The van der Waals surface area contributed by atoms with E-state index < -0.39 is 191 Å². The standard InChI is InChI=1S/C71H98Cl2N20O14/c1-34(2)53-64(103)91-49(19-13-25-77-91)62(101)90-46(16-10-24-76-90)59(98)84(8)36(5)57(96)88-47(17-11-22-74-88)60(99)86-51(55(94)82-53)32-70(106)40-28-38(42(72)30-44(40)80-66(70)86)39-29-41-45(31-43(39)73)81-67-71(41,107)33-52-56(95)83-54(35(3)4)65(104)92-50(20-14-26-78-92)63(102)93-69(7,21-15-27-79-93)68(105)85(9)37(6)58(97)89-48(18-12-23-75-89)61(100)87(52)67/h28-31,34-37,46-54,66-67,74-81,106-107H,10-27,32-33H2,1-9H3,(H,82,94)(H,83,95)/t36-,37-,46+,47+,48+,49-,50-,51?,52-,53+,54+,66-,67-,69+,70+,71+/m0/s1. The number of hydrogen-bond donors (Lipinski definition) is 12. The number of rotatable bonds is 3. The molecule has 0 bridgehead atoms. The van der Waals surface area contributed by atoms with Crippen molar-refractivity contribution in [1.29, 1.82) is 0 Å². The van der Waals surface area contributed by atoms with Gasteiger partial charge in [-0.15, -0.1) is 0 Å². The molecule has 12 aliphatic rings. The SMILES string of the molecule is CC(C)[C@H]1NC(=O)C2C[C@@]3(O)c4cc(-c5cc6c(cc5Cl)N[C@H]5N7C(=O)[C@H]8CCCNN8C(=O)[C@H](C)N(C)C(=O)[C@@]8(C)CCCNN8C(=O)[C@@H]8CCCNN8C(=O)[C@@H](C(C)C)NC(=O)[C@@H]7C[C@@]65O)c(Cl)cc4N[C@H]3N2C(=O)[C@H]2CCCNN2C(=O)[C@H](C)N(C)C(=O)[C@H]2CCCNN2C(=O)[C@@H]2CCCNN2C1=O. The first-order valence-electron chi connectivity index (χ1n) is 37.7. The van der Waals surface area contributed by atoms with Gasteiger partial charge in [0.25, 0.3) is 35.4 Å². The fourth-order valence-electron chi connectivity index (χ4n) is 18.2. The van der Waals surface area contributed by atoms with E-state index in [0.717, 1.165) is 0 Å². The minimum Gasteiger partial charge on any atom is -0.381 e. The van der Waals surface area contributed by atoms with Crippen molar-refractivity contribution in [3.63, 3.8) is 0 Å². The molecule has 12 aliphatic heterocycles. The van der Waals surface area contributed by atoms with Gasteiger partial charge in [0, 0.05) is 99.8 Å². The smallest absolute Gasteiger partial charge is 0.262 e. The molecule has 12 amide bonds. The summed E-state index contributed by atoms with van der Waals surface area (Å²) in [6.07, 6.45) is -0.0559. The van der Waals surface area contributed by atoms with Crippen LogP contribution in [0, 0.1) is 11.8 Å². The quantitative estimate of drug-likeness (QED) is 0.177. The van der Waals surface area contributed by atoms with Gasteiger partial charge in [-0.25, -0.2) is 32.6 Å². The van der Waals surface area contributed by atoms with Gasteiger partial charge in [-0.1, -0.05) is 50.9 Å². The summed E-state index contributed by atoms with van der Waals surface area (Å²) in [5, 5.41) is 47.1. The minimum atomic E-state index is -2.16. The number of hydrogen-bond acceptors (Lipinski definition) is 22. The van der Waals surface area contributed by atoms with E-state index >= 15 is 38.4 Å². The van der Waals surface area contributed by atoms with Crippen LogP contribution < -0.4 is 53.8 Å². The molecule has 0 spiro atoms. The molecule has 36 heteroatoms. The number of carbonyl (C=O) groups is 12. The molecular weight excluding hydrogens is 1430 g/mol. The summed E-state index contributed by atoms with van der Waals surface area (Å²) in [5.74, 6) is -9.29. The van der Waals surface area contributed by atoms with Crippen molar-refractivity contribution >= 4 is 105 Å². The van der Waals surface area contributed by atoms with Gasteiger partial charge in [0.1, 0.15) is 95.5 Å². The fourth-order valence-corrected chi connectivity index (χ4v) is 18.7. The highest BCUT2D eigenvalue weighted by molar-refractivity contribution is 6.37. The molecule has 34 nitrogen and oxygen atoms in total. The van der Waals surface area contributed by atoms with E-state index in [1.165, 1.54) is 89.7 Å². The van der Waals surface area contributed by atoms with Crippen LogP contribution in [0.25, 0.3) is 11.1 Å². The maximum absolute atomic E-state index is 16.0. The Morgan fingerprint density at radius 2 is 0.766 bits per heavy atom. The summed E-state index contributed by atoms with van der Waals surface area (Å²) in [4.78, 5) is 188. The second-order valence-corrected chi connectivity index (χ2v) is 32.5. The first-order chi connectivity index (χ1) is 50.8. The third-order valence-electron chi connectivity index (χ3n) is 24.4. The number of benzene rings is 2. The number of halogens is 2. The molecule has 14 rings (SSSR count). The number of carbonyl (C=O) groups excluding carboxylic acids is 12. The Morgan fingerprint density at radius 3 is 1.17 bits per heavy atom. The summed E-state index contributed by atoms with van der Waals surface area (Å²) < 4.78 is 0. The Morgan fingerprint density at radius 1 is 0.421 bits per heavy atom. The summed E-state index contributed by atoms with van der Waals surface area (Å²) >= 11 is 14.7. The number of fused-ring (bicyclic) bond motifs is 16. The molecule has 1 unspecified atom stereocenters. The van der Waals surface area contributed by atoms with Crippen molar-refractivity contribution in [2.45, 2.75) is 234 Å². The average Bonchev–Trinajstić information content (AvgIpc) is 1.55. The second kappa shape index (κ2) is 28.7. The zero-order valence-corrected chi connectivity index (χ0v) is 63.1. The Hall–Kier alpha value is -8.06. The summed E-state index contributed by atoms with van der Waals surface area (Å²) in [7, 11) is 2.91. The lowest BCUT2D eigenvalue weighted by atomic mass is 9.86. The Balaban J connectivity index is 0.823. The van der Waals surface area contributed by atoms with Crippen LogP contribution in [0.2, 0.25) is 10.0 Å². The maximum Gasteiger partial charge on any atom is 0.262 e. The molecule has 2 aromatic carbocycles. The predicted molar refractivity (Wildman–Crippen MR) is 385 cm³/mol. The molecule has 0 aliphatic carbocycles. The second-order valence-electron chi connectivity index (χ2n) is 31.6. The lowest BCUT2D eigenvalue weighted by Crippen LogP contribution is -2.72. The van der Waals surface area contributed by atoms with Gasteiger partial charge < -0.3 is 51.1 Å². The lowest BCUT2D eigenvalue weighted by molar-refractivity contribution is -0.171. The van der Waals surface area contributed by atoms with Gasteiger partial charge in [0.15, 0.2) is 0 Å². The van der Waals surface area contributed by atoms with E-state index in [4.69, 9.17) is 23.2 Å². The molecule has 0 radical (unpaired) electrons. The van der Waals surface area contributed by atoms with E-state index in [-0.39, 0.29) is 95.3 Å². The number of nitrogens with zero attached hydrogens (tertiary/aromatic N) is 10. The molecule has 12 heterocycles. The molecule has 2 aromatic rings. The maximum atomic E-state index is 16.0. The minimum absolute atomic E-state index is 0.0514. The highest BCUT2D eigenvalue weighted by Crippen LogP contribution is 2.56. The number of hydrazine groups is 6. The molecule has 12 N–H and O–H groups in total. The zero-order valence-electron chi connectivity index (χ0n) is 61.6. The van der Waals surface area contributed by atoms with Crippen molar-refractivity contribution in [2.24, 2.45) is 11.8 Å². The van der Waals surface area contributed by atoms with E-state index in [0.29, 0.717) is 64.7 Å². The van der Waals surface area contributed by atoms with Crippen molar-refractivity contribution in [1.82, 2.24) is 92.8 Å². The molecule has 10 fully saturated rings. The molecule has 10 saturated heterocycles. The van der Waals surface area contributed by atoms with E-state index in [2.05, 4.69) is 53.8 Å². The van der Waals surface area contributed by atoms with Crippen LogP contribution >= 0.6 is 23.2 Å². The Labute approximate surface area is 629 Å². The van der Waals surface area contributed by atoms with Crippen molar-refractivity contribution in [3.8, 4) is 11.1 Å². The highest BCUT2D eigenvalue weighted by Gasteiger charge is 2.65. The molecule has 0 aromatic heterocycles. The van der Waals surface area contributed by atoms with Crippen LogP contribution in [0.1, 0.15) is 149 Å². The molecule has 580 valence electrons. The monoisotopic (exact) mass is 1520 g/mol. The van der Waals surface area contributed by atoms with E-state index in [9.17, 15) is 29.4 Å². The number of likely N-dealkylation sites (N-methyl/N-ethyl adjacent to an activating group) is 2. The molecule has 0 saturated carbocycles. The summed E-state index contributed by atoms with van der Waals surface area (Å²) in [5.41, 5.74) is 13.9. The van der Waals surface area contributed by atoms with Crippen molar-refractivity contribution in [3.05, 3.63) is 45.4 Å². The van der Waals surface area contributed by atoms with Crippen LogP contribution in [-0.4, -0.2) is 268 Å². The van der Waals surface area contributed by atoms with E-state index in [1.54, 1.807) is 46.8 Å². The highest BCUT2D eigenvalue weighted by atomic mass is 35.5. The number of aliphatic hydroxyl groups is 2. The molecular formula is C71H98Cl2N20O14. The number of anilines is 2. The van der Waals surface area contributed by atoms with Gasteiger partial charge in [-0.05, 0) is 134 Å². The molecule has 16 atom stereocenters. The van der Waals surface area contributed by atoms with Crippen LogP contribution in [0.3, 0.4) is 0 Å². The van der Waals surface area contributed by atoms with Gasteiger partial charge in [0.05, 0.1) is 10.0 Å². The number of amides is 12. The topological polar surface area (TPSA) is 398 Å². The Kier molecular flexibility index (Phi) is 20.3. The van der Waals surface area contributed by atoms with Gasteiger partial charge in [0.2, 0.25) is 35.4 Å². The Bertz CT molecular complexity index is 4040. The first-order valence-corrected chi connectivity index (χ1v) is 38.5. The van der Waals surface area contributed by atoms with E-state index in [1.807, 2.05) is 0 Å². The van der Waals surface area contributed by atoms with Crippen LogP contribution in [0.15, 0.2) is 24.3 Å². The third kappa shape index (κ3) is 12.5. The molecule has 107 heavy (non-hydrogen) atoms. The largest absolute Gasteiger partial charge is 0.381 e. The lowest BCUT2D eigenvalue weighted by Gasteiger charge is -2.49. The van der Waals surface area contributed by atoms with Crippen molar-refractivity contribution in [2.75, 3.05) is 64.0 Å².